The van der Waals surface area contributed by atoms with Crippen LogP contribution in [0.2, 0.25) is 0 Å². The molecule has 6 nitrogen and oxygen atoms in total. The second-order valence-corrected chi connectivity index (χ2v) is 7.86. The number of ether oxygens (including phenoxy) is 2. The third-order valence-corrected chi connectivity index (χ3v) is 3.65. The summed E-state index contributed by atoms with van der Waals surface area (Å²) in [6.07, 6.45) is 0. The van der Waals surface area contributed by atoms with Crippen molar-refractivity contribution in [3.63, 3.8) is 0 Å². The Morgan fingerprint density at radius 3 is 1.96 bits per heavy atom. The van der Waals surface area contributed by atoms with Crippen LogP contribution in [-0.2, 0) is 20.9 Å². The highest BCUT2D eigenvalue weighted by atomic mass is 16.6. The van der Waals surface area contributed by atoms with Crippen LogP contribution in [0, 0.1) is 23.7 Å². The number of carbonyl (C=O) groups excluding carboxylic acids is 1. The minimum atomic E-state index is -0.783. The van der Waals surface area contributed by atoms with E-state index in [1.807, 2.05) is 0 Å². The quantitative estimate of drug-likeness (QED) is 0.775. The molecule has 1 saturated heterocycles. The molecule has 0 bridgehead atoms. The molecule has 0 N–H and O–H groups in total. The van der Waals surface area contributed by atoms with E-state index in [4.69, 9.17) is 9.47 Å². The highest BCUT2D eigenvalue weighted by molar-refractivity contribution is 5.75. The van der Waals surface area contributed by atoms with Gasteiger partial charge in [0.2, 0.25) is 0 Å². The first-order chi connectivity index (χ1) is 10.4. The Balaban J connectivity index is 0.000000277. The fourth-order valence-corrected chi connectivity index (χ4v) is 1.59. The highest BCUT2D eigenvalue weighted by Gasteiger charge is 2.30. The van der Waals surface area contributed by atoms with Crippen LogP contribution in [0.25, 0.3) is 0 Å². The second kappa shape index (κ2) is 7.34. The van der Waals surface area contributed by atoms with Gasteiger partial charge < -0.3 is 18.3 Å². The molecular formula is C17H28O6. The average molecular weight is 328 g/mol. The van der Waals surface area contributed by atoms with Crippen LogP contribution in [-0.4, -0.2) is 19.2 Å². The van der Waals surface area contributed by atoms with Gasteiger partial charge in [0.05, 0.1) is 18.6 Å². The van der Waals surface area contributed by atoms with Crippen molar-refractivity contribution < 1.29 is 23.1 Å². The molecule has 1 aliphatic heterocycles. The van der Waals surface area contributed by atoms with Gasteiger partial charge in [-0.3, -0.25) is 4.79 Å². The zero-order valence-electron chi connectivity index (χ0n) is 15.1. The van der Waals surface area contributed by atoms with E-state index in [2.05, 4.69) is 29.6 Å². The Hall–Kier alpha value is -1.56. The minimum Gasteiger partial charge on any atom is -0.457 e. The van der Waals surface area contributed by atoms with E-state index in [-0.39, 0.29) is 18.3 Å². The van der Waals surface area contributed by atoms with Crippen molar-refractivity contribution in [2.24, 2.45) is 16.7 Å². The van der Waals surface area contributed by atoms with Gasteiger partial charge in [-0.1, -0.05) is 20.8 Å². The number of hydrogen-bond donors (Lipinski definition) is 0. The summed E-state index contributed by atoms with van der Waals surface area (Å²) >= 11 is 0. The molecule has 0 radical (unpaired) electrons. The number of hydrogen-bond acceptors (Lipinski definition) is 6. The van der Waals surface area contributed by atoms with Crippen LogP contribution in [0.3, 0.4) is 0 Å². The first-order valence-electron chi connectivity index (χ1n) is 7.75. The number of carbonyl (C=O) groups is 1. The molecular weight excluding hydrogens is 300 g/mol. The average Bonchev–Trinajstić information content (AvgIpc) is 2.59. The Kier molecular flexibility index (Phi) is 6.22. The van der Waals surface area contributed by atoms with E-state index in [9.17, 15) is 9.59 Å². The molecule has 6 heteroatoms. The van der Waals surface area contributed by atoms with Crippen LogP contribution in [0.5, 0.6) is 0 Å². The molecule has 0 aliphatic carbocycles. The lowest BCUT2D eigenvalue weighted by molar-refractivity contribution is -0.154. The molecule has 2 rings (SSSR count). The van der Waals surface area contributed by atoms with Gasteiger partial charge in [0, 0.05) is 5.92 Å². The van der Waals surface area contributed by atoms with Gasteiger partial charge in [0.25, 0.3) is 0 Å². The van der Waals surface area contributed by atoms with Crippen molar-refractivity contribution in [3.05, 3.63) is 22.1 Å². The summed E-state index contributed by atoms with van der Waals surface area (Å²) in [6, 6.07) is 0. The summed E-state index contributed by atoms with van der Waals surface area (Å²) in [5.74, 6) is 0.252. The molecule has 1 aromatic rings. The minimum absolute atomic E-state index is 0.0757. The van der Waals surface area contributed by atoms with Gasteiger partial charge in [-0.2, -0.15) is 0 Å². The predicted octanol–water partition coefficient (Wildman–Crippen LogP) is 3.31. The predicted molar refractivity (Wildman–Crippen MR) is 85.0 cm³/mol. The van der Waals surface area contributed by atoms with Crippen LogP contribution in [0.15, 0.2) is 13.6 Å². The molecule has 23 heavy (non-hydrogen) atoms. The Morgan fingerprint density at radius 2 is 1.70 bits per heavy atom. The fourth-order valence-electron chi connectivity index (χ4n) is 1.59. The normalized spacial score (nSPS) is 15.4. The molecule has 0 unspecified atom stereocenters. The molecule has 132 valence electrons. The van der Waals surface area contributed by atoms with Gasteiger partial charge in [-0.05, 0) is 33.1 Å². The Morgan fingerprint density at radius 1 is 1.13 bits per heavy atom. The van der Waals surface area contributed by atoms with Crippen LogP contribution in [0.4, 0.5) is 0 Å². The maximum Gasteiger partial charge on any atom is 0.519 e. The van der Waals surface area contributed by atoms with Crippen molar-refractivity contribution in [3.8, 4) is 0 Å². The third-order valence-electron chi connectivity index (χ3n) is 3.65. The molecule has 0 aromatic carbocycles. The first-order valence-corrected chi connectivity index (χ1v) is 7.75. The van der Waals surface area contributed by atoms with Crippen molar-refractivity contribution in [1.29, 1.82) is 0 Å². The van der Waals surface area contributed by atoms with E-state index in [1.165, 1.54) is 0 Å². The van der Waals surface area contributed by atoms with Crippen molar-refractivity contribution in [2.75, 3.05) is 13.2 Å². The van der Waals surface area contributed by atoms with E-state index in [0.717, 1.165) is 19.1 Å². The maximum atomic E-state index is 11.4. The van der Waals surface area contributed by atoms with Gasteiger partial charge in [0.15, 0.2) is 18.1 Å². The number of rotatable bonds is 2. The highest BCUT2D eigenvalue weighted by Crippen LogP contribution is 2.31. The molecule has 2 heterocycles. The monoisotopic (exact) mass is 328 g/mol. The Bertz CT molecular complexity index is 563. The molecule has 1 fully saturated rings. The van der Waals surface area contributed by atoms with Gasteiger partial charge in [0.1, 0.15) is 0 Å². The van der Waals surface area contributed by atoms with E-state index >= 15 is 0 Å². The molecule has 0 saturated carbocycles. The molecule has 0 atom stereocenters. The third kappa shape index (κ3) is 6.22. The summed E-state index contributed by atoms with van der Waals surface area (Å²) < 4.78 is 19.3. The van der Waals surface area contributed by atoms with Gasteiger partial charge >= 0.3 is 11.8 Å². The standard InChI is InChI=1S/C10H14O5.C7H14O/c1-6-7(15-9(12)14-6)5-13-8(11)10(2,3)4;1-7(2,3)6-4-8-5-6/h5H2,1-4H3;6H,4-5H2,1-3H3. The maximum absolute atomic E-state index is 11.4. The van der Waals surface area contributed by atoms with Gasteiger partial charge in [-0.25, -0.2) is 4.79 Å². The lowest BCUT2D eigenvalue weighted by Gasteiger charge is -2.37. The van der Waals surface area contributed by atoms with Gasteiger partial charge in [-0.15, -0.1) is 0 Å². The molecule has 0 spiro atoms. The van der Waals surface area contributed by atoms with Crippen molar-refractivity contribution in [2.45, 2.75) is 55.1 Å². The smallest absolute Gasteiger partial charge is 0.457 e. The zero-order valence-corrected chi connectivity index (χ0v) is 15.1. The summed E-state index contributed by atoms with van der Waals surface area (Å²) in [7, 11) is 0. The molecule has 1 aromatic heterocycles. The topological polar surface area (TPSA) is 78.9 Å². The van der Waals surface area contributed by atoms with E-state index in [1.54, 1.807) is 27.7 Å². The van der Waals surface area contributed by atoms with E-state index in [0.29, 0.717) is 11.2 Å². The number of aryl methyl sites for hydroxylation is 1. The fraction of sp³-hybridized carbons (Fsp3) is 0.765. The lowest BCUT2D eigenvalue weighted by atomic mass is 9.80. The summed E-state index contributed by atoms with van der Waals surface area (Å²) in [5, 5.41) is 0. The summed E-state index contributed by atoms with van der Waals surface area (Å²) in [4.78, 5) is 22.1. The number of esters is 1. The lowest BCUT2D eigenvalue weighted by Crippen LogP contribution is -2.37. The summed E-state index contributed by atoms with van der Waals surface area (Å²) in [5.41, 5.74) is -0.101. The molecule has 0 amide bonds. The van der Waals surface area contributed by atoms with Crippen molar-refractivity contribution in [1.82, 2.24) is 0 Å². The Labute approximate surface area is 137 Å². The van der Waals surface area contributed by atoms with Crippen molar-refractivity contribution >= 4 is 5.97 Å². The van der Waals surface area contributed by atoms with Crippen LogP contribution < -0.4 is 5.82 Å². The molecule has 1 aliphatic rings. The summed E-state index contributed by atoms with van der Waals surface area (Å²) in [6.45, 7) is 15.5. The van der Waals surface area contributed by atoms with Crippen LogP contribution >= 0.6 is 0 Å². The van der Waals surface area contributed by atoms with E-state index < -0.39 is 11.2 Å². The SMILES string of the molecule is CC(C)(C)C1COC1.Cc1oc(=O)oc1COC(=O)C(C)(C)C. The van der Waals surface area contributed by atoms with Crippen LogP contribution in [0.1, 0.15) is 53.1 Å². The second-order valence-electron chi connectivity index (χ2n) is 7.86. The first kappa shape index (κ1) is 19.5. The zero-order chi connectivity index (χ0) is 17.8. The largest absolute Gasteiger partial charge is 0.519 e.